The standard InChI is InChI=1S/C29H24ClN3O2S2.ClH/c30-20-10-12-21(13-11-20)35-18-26(34)32-29-27(28-31-23-8-4-5-9-24(23)36-28)22-14-15-33(17-25(22)37-29)16-19-6-2-1-3-7-19;/h1-13H,14-18H2,(H,32,34);1H. The largest absolute Gasteiger partial charge is 0.484 e. The third-order valence-electron chi connectivity index (χ3n) is 6.33. The lowest BCUT2D eigenvalue weighted by molar-refractivity contribution is -0.118. The number of hydrogen-bond donors (Lipinski definition) is 1. The highest BCUT2D eigenvalue weighted by Gasteiger charge is 2.28. The van der Waals surface area contributed by atoms with Gasteiger partial charge in [0.15, 0.2) is 6.61 Å². The predicted molar refractivity (Wildman–Crippen MR) is 160 cm³/mol. The van der Waals surface area contributed by atoms with Gasteiger partial charge in [-0.1, -0.05) is 54.1 Å². The number of ether oxygens (including phenoxy) is 1. The Morgan fingerprint density at radius 2 is 1.76 bits per heavy atom. The first kappa shape index (κ1) is 26.7. The van der Waals surface area contributed by atoms with Gasteiger partial charge in [-0.3, -0.25) is 9.69 Å². The summed E-state index contributed by atoms with van der Waals surface area (Å²) in [6, 6.07) is 25.7. The summed E-state index contributed by atoms with van der Waals surface area (Å²) in [5, 5.41) is 5.55. The number of nitrogens with one attached hydrogen (secondary N) is 1. The maximum atomic E-state index is 12.9. The molecule has 5 nitrogen and oxygen atoms in total. The number of para-hydroxylation sites is 1. The summed E-state index contributed by atoms with van der Waals surface area (Å²) in [4.78, 5) is 21.6. The second-order valence-electron chi connectivity index (χ2n) is 8.93. The molecule has 0 saturated carbocycles. The summed E-state index contributed by atoms with van der Waals surface area (Å²) in [5.41, 5.74) is 4.64. The maximum Gasteiger partial charge on any atom is 0.262 e. The lowest BCUT2D eigenvalue weighted by atomic mass is 10.0. The number of rotatable bonds is 7. The van der Waals surface area contributed by atoms with Crippen molar-refractivity contribution in [3.63, 3.8) is 0 Å². The summed E-state index contributed by atoms with van der Waals surface area (Å²) in [6.45, 7) is 2.64. The zero-order valence-electron chi connectivity index (χ0n) is 20.4. The molecule has 0 radical (unpaired) electrons. The van der Waals surface area contributed by atoms with Gasteiger partial charge in [-0.2, -0.15) is 0 Å². The molecule has 0 bridgehead atoms. The van der Waals surface area contributed by atoms with Gasteiger partial charge in [0, 0.05) is 35.1 Å². The third-order valence-corrected chi connectivity index (χ3v) is 8.77. The molecule has 0 aliphatic carbocycles. The van der Waals surface area contributed by atoms with E-state index in [4.69, 9.17) is 21.3 Å². The van der Waals surface area contributed by atoms with Gasteiger partial charge in [0.25, 0.3) is 5.91 Å². The van der Waals surface area contributed by atoms with Crippen LogP contribution in [-0.2, 0) is 24.3 Å². The van der Waals surface area contributed by atoms with Gasteiger partial charge in [-0.25, -0.2) is 4.98 Å². The fourth-order valence-corrected chi connectivity index (χ4v) is 7.11. The van der Waals surface area contributed by atoms with Gasteiger partial charge in [-0.15, -0.1) is 35.1 Å². The molecule has 38 heavy (non-hydrogen) atoms. The van der Waals surface area contributed by atoms with Gasteiger partial charge < -0.3 is 10.1 Å². The van der Waals surface area contributed by atoms with E-state index in [9.17, 15) is 4.79 Å². The van der Waals surface area contributed by atoms with Crippen LogP contribution in [-0.4, -0.2) is 28.9 Å². The van der Waals surface area contributed by atoms with Crippen molar-refractivity contribution >= 4 is 67.8 Å². The fraction of sp³-hybridized carbons (Fsp3) is 0.172. The van der Waals surface area contributed by atoms with Crippen molar-refractivity contribution < 1.29 is 9.53 Å². The van der Waals surface area contributed by atoms with Crippen LogP contribution in [0.2, 0.25) is 5.02 Å². The summed E-state index contributed by atoms with van der Waals surface area (Å²) in [6.07, 6.45) is 0.918. The van der Waals surface area contributed by atoms with Crippen molar-refractivity contribution in [2.75, 3.05) is 18.5 Å². The number of carbonyl (C=O) groups is 1. The molecule has 1 N–H and O–H groups in total. The van der Waals surface area contributed by atoms with E-state index in [1.54, 1.807) is 46.9 Å². The summed E-state index contributed by atoms with van der Waals surface area (Å²) < 4.78 is 6.83. The Morgan fingerprint density at radius 1 is 1.00 bits per heavy atom. The molecule has 2 aromatic heterocycles. The molecule has 9 heteroatoms. The van der Waals surface area contributed by atoms with Crippen LogP contribution in [0.5, 0.6) is 5.75 Å². The summed E-state index contributed by atoms with van der Waals surface area (Å²) >= 11 is 9.27. The Labute approximate surface area is 240 Å². The number of hydrogen-bond acceptors (Lipinski definition) is 6. The molecular formula is C29H25Cl2N3O2S2. The SMILES string of the molecule is Cl.O=C(COc1ccc(Cl)cc1)Nc1sc2c(c1-c1nc3ccccc3s1)CCN(Cc1ccccc1)C2. The molecule has 1 aliphatic rings. The first-order valence-corrected chi connectivity index (χ1v) is 14.1. The van der Waals surface area contributed by atoms with Crippen LogP contribution in [0.25, 0.3) is 20.8 Å². The van der Waals surface area contributed by atoms with E-state index >= 15 is 0 Å². The van der Waals surface area contributed by atoms with Crippen LogP contribution in [0.15, 0.2) is 78.9 Å². The average molecular weight is 583 g/mol. The van der Waals surface area contributed by atoms with E-state index in [-0.39, 0.29) is 24.9 Å². The van der Waals surface area contributed by atoms with Crippen LogP contribution in [0.3, 0.4) is 0 Å². The quantitative estimate of drug-likeness (QED) is 0.214. The normalized spacial score (nSPS) is 13.1. The highest BCUT2D eigenvalue weighted by molar-refractivity contribution is 7.22. The number of fused-ring (bicyclic) bond motifs is 2. The first-order valence-electron chi connectivity index (χ1n) is 12.1. The van der Waals surface area contributed by atoms with Crippen LogP contribution in [0.1, 0.15) is 16.0 Å². The molecule has 0 unspecified atom stereocenters. The molecule has 0 fully saturated rings. The van der Waals surface area contributed by atoms with Crippen molar-refractivity contribution in [1.29, 1.82) is 0 Å². The van der Waals surface area contributed by atoms with E-state index < -0.39 is 0 Å². The minimum atomic E-state index is -0.197. The van der Waals surface area contributed by atoms with E-state index in [0.717, 1.165) is 51.8 Å². The highest BCUT2D eigenvalue weighted by Crippen LogP contribution is 2.45. The number of nitrogens with zero attached hydrogens (tertiary/aromatic N) is 2. The molecule has 5 aromatic rings. The summed E-state index contributed by atoms with van der Waals surface area (Å²) in [7, 11) is 0. The third kappa shape index (κ3) is 5.87. The number of benzene rings is 3. The second kappa shape index (κ2) is 11.8. The number of carbonyl (C=O) groups excluding carboxylic acids is 1. The lowest BCUT2D eigenvalue weighted by Crippen LogP contribution is -2.29. The Bertz CT molecular complexity index is 1520. The monoisotopic (exact) mass is 581 g/mol. The van der Waals surface area contributed by atoms with E-state index in [1.165, 1.54) is 16.0 Å². The van der Waals surface area contributed by atoms with Crippen LogP contribution in [0.4, 0.5) is 5.00 Å². The van der Waals surface area contributed by atoms with Crippen LogP contribution >= 0.6 is 46.7 Å². The van der Waals surface area contributed by atoms with Crippen molar-refractivity contribution in [2.24, 2.45) is 0 Å². The zero-order valence-corrected chi connectivity index (χ0v) is 23.6. The van der Waals surface area contributed by atoms with Crippen molar-refractivity contribution in [2.45, 2.75) is 19.5 Å². The van der Waals surface area contributed by atoms with E-state index in [0.29, 0.717) is 10.8 Å². The molecule has 3 heterocycles. The Kier molecular flexibility index (Phi) is 8.31. The van der Waals surface area contributed by atoms with Crippen molar-refractivity contribution in [3.05, 3.63) is 99.9 Å². The van der Waals surface area contributed by atoms with Gasteiger partial charge in [-0.05, 0) is 53.9 Å². The second-order valence-corrected chi connectivity index (χ2v) is 11.5. The first-order chi connectivity index (χ1) is 18.1. The fourth-order valence-electron chi connectivity index (χ4n) is 4.57. The minimum Gasteiger partial charge on any atom is -0.484 e. The van der Waals surface area contributed by atoms with Gasteiger partial charge in [0.1, 0.15) is 15.8 Å². The number of thiazole rings is 1. The molecule has 0 saturated heterocycles. The van der Waals surface area contributed by atoms with Crippen LogP contribution in [0, 0.1) is 0 Å². The maximum absolute atomic E-state index is 12.9. The predicted octanol–water partition coefficient (Wildman–Crippen LogP) is 7.68. The van der Waals surface area contributed by atoms with E-state index in [1.807, 2.05) is 24.3 Å². The Balaban J connectivity index is 0.00000294. The number of aromatic nitrogens is 1. The number of thiophene rings is 1. The van der Waals surface area contributed by atoms with Gasteiger partial charge in [0.05, 0.1) is 10.2 Å². The highest BCUT2D eigenvalue weighted by atomic mass is 35.5. The van der Waals surface area contributed by atoms with Gasteiger partial charge in [0.2, 0.25) is 0 Å². The molecule has 3 aromatic carbocycles. The Hall–Kier alpha value is -2.94. The minimum absolute atomic E-state index is 0. The molecular weight excluding hydrogens is 557 g/mol. The van der Waals surface area contributed by atoms with Crippen LogP contribution < -0.4 is 10.1 Å². The molecule has 1 amide bonds. The summed E-state index contributed by atoms with van der Waals surface area (Å²) in [5.74, 6) is 0.407. The molecule has 0 spiro atoms. The Morgan fingerprint density at radius 3 is 2.55 bits per heavy atom. The average Bonchev–Trinajstić information content (AvgIpc) is 3.49. The van der Waals surface area contributed by atoms with Crippen molar-refractivity contribution in [3.8, 4) is 16.3 Å². The van der Waals surface area contributed by atoms with Crippen molar-refractivity contribution in [1.82, 2.24) is 9.88 Å². The smallest absolute Gasteiger partial charge is 0.262 e. The zero-order chi connectivity index (χ0) is 25.2. The lowest BCUT2D eigenvalue weighted by Gasteiger charge is -2.27. The molecule has 0 atom stereocenters. The number of amides is 1. The van der Waals surface area contributed by atoms with E-state index in [2.05, 4.69) is 40.5 Å². The molecule has 194 valence electrons. The number of halogens is 2. The van der Waals surface area contributed by atoms with Gasteiger partial charge >= 0.3 is 0 Å². The molecule has 6 rings (SSSR count). The molecule has 1 aliphatic heterocycles. The number of anilines is 1. The topological polar surface area (TPSA) is 54.5 Å².